The Labute approximate surface area is 127 Å². The highest BCUT2D eigenvalue weighted by Crippen LogP contribution is 2.24. The van der Waals surface area contributed by atoms with Gasteiger partial charge >= 0.3 is 0 Å². The molecule has 1 aromatic heterocycles. The molecule has 0 aromatic carbocycles. The van der Waals surface area contributed by atoms with E-state index in [1.165, 1.54) is 12.3 Å². The van der Waals surface area contributed by atoms with Crippen molar-refractivity contribution in [2.75, 3.05) is 18.4 Å². The summed E-state index contributed by atoms with van der Waals surface area (Å²) in [6.45, 7) is 3.47. The van der Waals surface area contributed by atoms with E-state index in [0.717, 1.165) is 19.4 Å². The first-order valence-electron chi connectivity index (χ1n) is 6.81. The molecule has 1 aliphatic heterocycles. The summed E-state index contributed by atoms with van der Waals surface area (Å²) in [6.07, 6.45) is 3.50. The van der Waals surface area contributed by atoms with Crippen LogP contribution in [-0.2, 0) is 4.79 Å². The molecular formula is C13H17ClN4O3. The number of hydrogen-bond donors (Lipinski definition) is 1. The smallest absolute Gasteiger partial charge is 0.289 e. The van der Waals surface area contributed by atoms with Gasteiger partial charge in [-0.15, -0.1) is 0 Å². The van der Waals surface area contributed by atoms with Crippen molar-refractivity contribution in [3.05, 3.63) is 27.4 Å². The van der Waals surface area contributed by atoms with Crippen LogP contribution in [0, 0.1) is 10.1 Å². The Bertz CT molecular complexity index is 552. The van der Waals surface area contributed by atoms with Crippen molar-refractivity contribution in [1.29, 1.82) is 0 Å². The summed E-state index contributed by atoms with van der Waals surface area (Å²) in [4.78, 5) is 27.4. The first kappa shape index (κ1) is 15.5. The van der Waals surface area contributed by atoms with E-state index in [4.69, 9.17) is 11.6 Å². The summed E-state index contributed by atoms with van der Waals surface area (Å²) < 4.78 is 0. The molecule has 8 heteroatoms. The van der Waals surface area contributed by atoms with Crippen LogP contribution in [0.15, 0.2) is 12.3 Å². The summed E-state index contributed by atoms with van der Waals surface area (Å²) in [6, 6.07) is 1.33. The van der Waals surface area contributed by atoms with Crippen molar-refractivity contribution >= 4 is 29.0 Å². The number of likely N-dealkylation sites (tertiary alicyclic amines) is 1. The predicted octanol–water partition coefficient (Wildman–Crippen LogP) is 2.46. The maximum Gasteiger partial charge on any atom is 0.289 e. The lowest BCUT2D eigenvalue weighted by Gasteiger charge is -2.20. The topological polar surface area (TPSA) is 88.4 Å². The molecule has 0 spiro atoms. The van der Waals surface area contributed by atoms with Gasteiger partial charge in [0.15, 0.2) is 0 Å². The number of amides is 1. The zero-order valence-electron chi connectivity index (χ0n) is 11.7. The highest BCUT2D eigenvalue weighted by molar-refractivity contribution is 6.33. The second-order valence-corrected chi connectivity index (χ2v) is 5.51. The summed E-state index contributed by atoms with van der Waals surface area (Å²) in [5.74, 6) is 0.621. The Morgan fingerprint density at radius 3 is 2.95 bits per heavy atom. The number of nitro groups is 1. The van der Waals surface area contributed by atoms with Crippen molar-refractivity contribution in [2.45, 2.75) is 32.2 Å². The highest BCUT2D eigenvalue weighted by Gasteiger charge is 2.20. The van der Waals surface area contributed by atoms with Crippen LogP contribution >= 0.6 is 11.6 Å². The molecule has 0 bridgehead atoms. The molecule has 0 radical (unpaired) electrons. The number of rotatable bonds is 6. The number of carbonyl (C=O) groups is 1. The number of anilines is 1. The molecule has 1 amide bonds. The molecule has 1 atom stereocenters. The van der Waals surface area contributed by atoms with Crippen molar-refractivity contribution in [1.82, 2.24) is 9.88 Å². The minimum Gasteiger partial charge on any atom is -0.366 e. The van der Waals surface area contributed by atoms with Gasteiger partial charge in [0.1, 0.15) is 12.0 Å². The number of hydrogen-bond acceptors (Lipinski definition) is 5. The Balaban J connectivity index is 1.88. The van der Waals surface area contributed by atoms with Gasteiger partial charge in [0.05, 0.1) is 9.95 Å². The van der Waals surface area contributed by atoms with Gasteiger partial charge in [-0.25, -0.2) is 4.98 Å². The monoisotopic (exact) mass is 312 g/mol. The van der Waals surface area contributed by atoms with Gasteiger partial charge in [-0.3, -0.25) is 14.9 Å². The first-order valence-corrected chi connectivity index (χ1v) is 7.19. The van der Waals surface area contributed by atoms with Gasteiger partial charge in [0.25, 0.3) is 5.69 Å². The van der Waals surface area contributed by atoms with Crippen LogP contribution in [0.2, 0.25) is 5.02 Å². The zero-order valence-corrected chi connectivity index (χ0v) is 12.5. The van der Waals surface area contributed by atoms with Crippen LogP contribution in [-0.4, -0.2) is 39.8 Å². The number of nitrogens with one attached hydrogen (secondary N) is 1. The van der Waals surface area contributed by atoms with Crippen LogP contribution in [0.4, 0.5) is 11.5 Å². The number of aromatic nitrogens is 1. The van der Waals surface area contributed by atoms with Crippen LogP contribution in [0.3, 0.4) is 0 Å². The highest BCUT2D eigenvalue weighted by atomic mass is 35.5. The number of halogens is 1. The zero-order chi connectivity index (χ0) is 15.4. The lowest BCUT2D eigenvalue weighted by molar-refractivity contribution is -0.385. The lowest BCUT2D eigenvalue weighted by atomic mass is 10.2. The SMILES string of the molecule is CC(CCN1CCCC1=O)Nc1ncc([N+](=O)[O-])cc1Cl. The summed E-state index contributed by atoms with van der Waals surface area (Å²) in [5.41, 5.74) is -0.138. The largest absolute Gasteiger partial charge is 0.366 e. The number of carbonyl (C=O) groups excluding carboxylic acids is 1. The second kappa shape index (κ2) is 6.71. The molecule has 114 valence electrons. The van der Waals surface area contributed by atoms with E-state index < -0.39 is 4.92 Å². The van der Waals surface area contributed by atoms with E-state index in [2.05, 4.69) is 10.3 Å². The molecule has 2 rings (SSSR count). The maximum absolute atomic E-state index is 11.5. The van der Waals surface area contributed by atoms with Gasteiger partial charge in [-0.05, 0) is 19.8 Å². The Kier molecular flexibility index (Phi) is 4.95. The molecular weight excluding hydrogens is 296 g/mol. The molecule has 1 aliphatic rings. The molecule has 21 heavy (non-hydrogen) atoms. The van der Waals surface area contributed by atoms with E-state index in [-0.39, 0.29) is 22.7 Å². The van der Waals surface area contributed by atoms with E-state index >= 15 is 0 Å². The predicted molar refractivity (Wildman–Crippen MR) is 79.4 cm³/mol. The molecule has 1 unspecified atom stereocenters. The maximum atomic E-state index is 11.5. The van der Waals surface area contributed by atoms with Gasteiger partial charge in [0, 0.05) is 31.6 Å². The summed E-state index contributed by atoms with van der Waals surface area (Å²) >= 11 is 5.97. The third-order valence-corrected chi connectivity index (χ3v) is 3.71. The molecule has 0 saturated carbocycles. The van der Waals surface area contributed by atoms with E-state index in [1.807, 2.05) is 11.8 Å². The number of nitrogens with zero attached hydrogens (tertiary/aromatic N) is 3. The van der Waals surface area contributed by atoms with Crippen LogP contribution < -0.4 is 5.32 Å². The average molecular weight is 313 g/mol. The fourth-order valence-electron chi connectivity index (χ4n) is 2.23. The van der Waals surface area contributed by atoms with Crippen molar-refractivity contribution in [3.63, 3.8) is 0 Å². The second-order valence-electron chi connectivity index (χ2n) is 5.10. The fraction of sp³-hybridized carbons (Fsp3) is 0.538. The molecule has 1 N–H and O–H groups in total. The van der Waals surface area contributed by atoms with Crippen LogP contribution in [0.5, 0.6) is 0 Å². The van der Waals surface area contributed by atoms with Crippen LogP contribution in [0.25, 0.3) is 0 Å². The quantitative estimate of drug-likeness (QED) is 0.644. The Morgan fingerprint density at radius 2 is 2.38 bits per heavy atom. The molecule has 1 fully saturated rings. The van der Waals surface area contributed by atoms with Gasteiger partial charge in [0.2, 0.25) is 5.91 Å². The van der Waals surface area contributed by atoms with Gasteiger partial charge in [-0.2, -0.15) is 0 Å². The minimum atomic E-state index is -0.537. The minimum absolute atomic E-state index is 0.0601. The van der Waals surface area contributed by atoms with Crippen molar-refractivity contribution in [3.8, 4) is 0 Å². The number of pyridine rings is 1. The fourth-order valence-corrected chi connectivity index (χ4v) is 2.44. The van der Waals surface area contributed by atoms with E-state index in [1.54, 1.807) is 0 Å². The third-order valence-electron chi connectivity index (χ3n) is 3.42. The third kappa shape index (κ3) is 4.04. The molecule has 2 heterocycles. The lowest BCUT2D eigenvalue weighted by Crippen LogP contribution is -2.29. The van der Waals surface area contributed by atoms with Gasteiger partial charge < -0.3 is 10.2 Å². The Hall–Kier alpha value is -1.89. The summed E-state index contributed by atoms with van der Waals surface area (Å²) in [5, 5.41) is 13.9. The van der Waals surface area contributed by atoms with Crippen molar-refractivity contribution < 1.29 is 9.72 Å². The average Bonchev–Trinajstić information content (AvgIpc) is 2.84. The first-order chi connectivity index (χ1) is 9.97. The van der Waals surface area contributed by atoms with Crippen molar-refractivity contribution in [2.24, 2.45) is 0 Å². The normalized spacial score (nSPS) is 16.1. The van der Waals surface area contributed by atoms with E-state index in [0.29, 0.717) is 18.8 Å². The molecule has 1 aromatic rings. The van der Waals surface area contributed by atoms with E-state index in [9.17, 15) is 14.9 Å². The molecule has 1 saturated heterocycles. The standard InChI is InChI=1S/C13H17ClN4O3/c1-9(4-6-17-5-2-3-12(17)19)16-13-11(14)7-10(8-15-13)18(20)21/h7-9H,2-6H2,1H3,(H,15,16). The van der Waals surface area contributed by atoms with Gasteiger partial charge in [-0.1, -0.05) is 11.6 Å². The molecule has 0 aliphatic carbocycles. The Morgan fingerprint density at radius 1 is 1.62 bits per heavy atom. The molecule has 7 nitrogen and oxygen atoms in total. The van der Waals surface area contributed by atoms with Crippen LogP contribution in [0.1, 0.15) is 26.2 Å². The summed E-state index contributed by atoms with van der Waals surface area (Å²) in [7, 11) is 0.